The smallest absolute Gasteiger partial charge is 0.269 e. The van der Waals surface area contributed by atoms with E-state index < -0.39 is 15.9 Å². The number of non-ortho nitro benzene ring substituents is 1. The molecule has 12 N–H and O–H groups in total. The van der Waals surface area contributed by atoms with Crippen LogP contribution in [0.1, 0.15) is 31.2 Å². The highest BCUT2D eigenvalue weighted by Crippen LogP contribution is 2.44. The molecule has 0 heterocycles. The molecular weight excluding hydrogens is 346 g/mol. The summed E-state index contributed by atoms with van der Waals surface area (Å²) in [4.78, 5) is 10.5. The molecule has 9 nitrogen and oxygen atoms in total. The van der Waals surface area contributed by atoms with Gasteiger partial charge in [0.1, 0.15) is 0 Å². The van der Waals surface area contributed by atoms with Gasteiger partial charge in [-0.05, 0) is 63.8 Å². The predicted octanol–water partition coefficient (Wildman–Crippen LogP) is -0.456. The fourth-order valence-electron chi connectivity index (χ4n) is 4.15. The van der Waals surface area contributed by atoms with E-state index in [0.29, 0.717) is 58.3 Å². The molecule has 1 aromatic rings. The predicted molar refractivity (Wildman–Crippen MR) is 109 cm³/mol. The number of hydrogen-bond acceptors (Lipinski definition) is 8. The number of rotatable bonds is 13. The number of nitrogens with zero attached hydrogens (tertiary/aromatic N) is 1. The van der Waals surface area contributed by atoms with E-state index in [1.165, 1.54) is 12.1 Å². The lowest BCUT2D eigenvalue weighted by Gasteiger charge is -2.53. The summed E-state index contributed by atoms with van der Waals surface area (Å²) in [6.07, 6.45) is 2.80. The summed E-state index contributed by atoms with van der Waals surface area (Å²) in [7, 11) is 0. The van der Waals surface area contributed by atoms with E-state index in [1.54, 1.807) is 12.1 Å². The molecule has 1 rings (SSSR count). The van der Waals surface area contributed by atoms with Crippen LogP contribution in [0.5, 0.6) is 0 Å². The molecule has 154 valence electrons. The quantitative estimate of drug-likeness (QED) is 0.195. The third-order valence-corrected chi connectivity index (χ3v) is 5.62. The van der Waals surface area contributed by atoms with Gasteiger partial charge in [-0.25, -0.2) is 0 Å². The Balaban J connectivity index is 3.42. The van der Waals surface area contributed by atoms with E-state index in [-0.39, 0.29) is 11.7 Å². The molecule has 0 bridgehead atoms. The van der Waals surface area contributed by atoms with Gasteiger partial charge >= 0.3 is 0 Å². The molecule has 0 amide bonds. The van der Waals surface area contributed by atoms with Crippen LogP contribution >= 0.6 is 0 Å². The molecule has 0 saturated heterocycles. The minimum atomic E-state index is -0.716. The lowest BCUT2D eigenvalue weighted by molar-refractivity contribution is -0.384. The van der Waals surface area contributed by atoms with Crippen LogP contribution in [0.25, 0.3) is 0 Å². The van der Waals surface area contributed by atoms with Gasteiger partial charge in [0.2, 0.25) is 0 Å². The van der Waals surface area contributed by atoms with Crippen LogP contribution in [0.2, 0.25) is 0 Å². The maximum Gasteiger partial charge on any atom is 0.269 e. The first kappa shape index (κ1) is 23.4. The van der Waals surface area contributed by atoms with Gasteiger partial charge in [0.25, 0.3) is 5.69 Å². The molecule has 0 aliphatic rings. The van der Waals surface area contributed by atoms with Crippen molar-refractivity contribution in [2.24, 2.45) is 39.8 Å². The van der Waals surface area contributed by atoms with Crippen LogP contribution in [0.3, 0.4) is 0 Å². The fraction of sp³-hybridized carbons (Fsp3) is 0.667. The monoisotopic (exact) mass is 381 g/mol. The van der Waals surface area contributed by atoms with Crippen molar-refractivity contribution in [1.82, 2.24) is 0 Å². The zero-order chi connectivity index (χ0) is 20.5. The molecule has 0 aliphatic heterocycles. The highest BCUT2D eigenvalue weighted by atomic mass is 16.6. The lowest BCUT2D eigenvalue weighted by atomic mass is 9.57. The number of nitrogens with two attached hydrogens (primary N) is 6. The molecule has 0 radical (unpaired) electrons. The molecule has 27 heavy (non-hydrogen) atoms. The molecule has 2 atom stereocenters. The zero-order valence-corrected chi connectivity index (χ0v) is 16.0. The Bertz CT molecular complexity index is 576. The molecule has 0 aliphatic carbocycles. The molecular formula is C18H35N7O2. The van der Waals surface area contributed by atoms with E-state index in [2.05, 4.69) is 0 Å². The first-order valence-corrected chi connectivity index (χ1v) is 9.38. The third-order valence-electron chi connectivity index (χ3n) is 5.62. The molecule has 2 unspecified atom stereocenters. The lowest BCUT2D eigenvalue weighted by Crippen LogP contribution is -2.66. The van der Waals surface area contributed by atoms with Gasteiger partial charge in [0.05, 0.1) is 4.92 Å². The Labute approximate surface area is 161 Å². The summed E-state index contributed by atoms with van der Waals surface area (Å²) in [6.45, 7) is 1.63. The van der Waals surface area contributed by atoms with Gasteiger partial charge in [-0.15, -0.1) is 0 Å². The summed E-state index contributed by atoms with van der Waals surface area (Å²) >= 11 is 0. The van der Waals surface area contributed by atoms with Gasteiger partial charge in [0, 0.05) is 29.1 Å². The molecule has 9 heteroatoms. The van der Waals surface area contributed by atoms with Crippen LogP contribution in [0.15, 0.2) is 24.3 Å². The van der Waals surface area contributed by atoms with Crippen molar-refractivity contribution in [3.63, 3.8) is 0 Å². The zero-order valence-electron chi connectivity index (χ0n) is 16.0. The number of hydrogen-bond donors (Lipinski definition) is 6. The summed E-state index contributed by atoms with van der Waals surface area (Å²) in [5, 5.41) is 10.9. The Morgan fingerprint density at radius 2 is 1.44 bits per heavy atom. The summed E-state index contributed by atoms with van der Waals surface area (Å²) in [6, 6.07) is 6.15. The van der Waals surface area contributed by atoms with Crippen molar-refractivity contribution in [3.05, 3.63) is 39.9 Å². The van der Waals surface area contributed by atoms with Crippen LogP contribution in [0.4, 0.5) is 5.69 Å². The van der Waals surface area contributed by atoms with Crippen molar-refractivity contribution < 1.29 is 4.92 Å². The van der Waals surface area contributed by atoms with Crippen molar-refractivity contribution in [3.8, 4) is 0 Å². The van der Waals surface area contributed by atoms with Gasteiger partial charge in [-0.3, -0.25) is 10.1 Å². The van der Waals surface area contributed by atoms with E-state index >= 15 is 0 Å². The van der Waals surface area contributed by atoms with Crippen molar-refractivity contribution in [2.75, 3.05) is 26.2 Å². The summed E-state index contributed by atoms with van der Waals surface area (Å²) in [5.41, 5.74) is 36.6. The van der Waals surface area contributed by atoms with Crippen LogP contribution in [0, 0.1) is 15.5 Å². The summed E-state index contributed by atoms with van der Waals surface area (Å²) < 4.78 is 0. The Hall–Kier alpha value is -1.62. The molecule has 1 aromatic carbocycles. The summed E-state index contributed by atoms with van der Waals surface area (Å²) in [5.74, 6) is 0. The molecule has 0 fully saturated rings. The number of nitro benzene ring substituents is 1. The van der Waals surface area contributed by atoms with Crippen molar-refractivity contribution >= 4 is 5.69 Å². The highest BCUT2D eigenvalue weighted by molar-refractivity contribution is 5.34. The SMILES string of the molecule is NCCC(N)C(CCN)(Cc1ccc([N+](=O)[O-])cc1)C(N)(CCN)CCN. The largest absolute Gasteiger partial charge is 0.330 e. The highest BCUT2D eigenvalue weighted by Gasteiger charge is 2.50. The third kappa shape index (κ3) is 5.44. The second kappa shape index (κ2) is 10.6. The molecule has 0 spiro atoms. The average molecular weight is 382 g/mol. The first-order chi connectivity index (χ1) is 12.8. The molecule has 0 aromatic heterocycles. The van der Waals surface area contributed by atoms with Crippen LogP contribution in [-0.4, -0.2) is 42.7 Å². The number of nitro groups is 1. The maximum atomic E-state index is 10.9. The van der Waals surface area contributed by atoms with Crippen molar-refractivity contribution in [1.29, 1.82) is 0 Å². The maximum absolute atomic E-state index is 10.9. The van der Waals surface area contributed by atoms with Crippen LogP contribution < -0.4 is 34.4 Å². The first-order valence-electron chi connectivity index (χ1n) is 9.38. The second-order valence-corrected chi connectivity index (χ2v) is 7.21. The van der Waals surface area contributed by atoms with E-state index in [4.69, 9.17) is 34.4 Å². The second-order valence-electron chi connectivity index (χ2n) is 7.21. The minimum Gasteiger partial charge on any atom is -0.330 e. The van der Waals surface area contributed by atoms with Crippen LogP contribution in [-0.2, 0) is 6.42 Å². The Kier molecular flexibility index (Phi) is 9.23. The van der Waals surface area contributed by atoms with Gasteiger partial charge < -0.3 is 34.4 Å². The van der Waals surface area contributed by atoms with Gasteiger partial charge in [-0.2, -0.15) is 0 Å². The normalized spacial score (nSPS) is 15.3. The average Bonchev–Trinajstić information content (AvgIpc) is 2.62. The standard InChI is InChI=1S/C18H35N7O2/c19-9-5-16(23)17(6-10-20,18(24,7-11-21)8-12-22)13-14-1-3-15(4-2-14)25(26)27/h1-4,16H,5-13,19-24H2. The van der Waals surface area contributed by atoms with E-state index in [9.17, 15) is 10.1 Å². The topological polar surface area (TPSA) is 199 Å². The van der Waals surface area contributed by atoms with Gasteiger partial charge in [-0.1, -0.05) is 12.1 Å². The van der Waals surface area contributed by atoms with Crippen molar-refractivity contribution in [2.45, 2.75) is 43.7 Å². The number of benzene rings is 1. The Morgan fingerprint density at radius 1 is 0.926 bits per heavy atom. The fourth-order valence-corrected chi connectivity index (χ4v) is 4.15. The van der Waals surface area contributed by atoms with E-state index in [1.807, 2.05) is 0 Å². The van der Waals surface area contributed by atoms with Gasteiger partial charge in [0.15, 0.2) is 0 Å². The van der Waals surface area contributed by atoms with E-state index in [0.717, 1.165) is 5.56 Å². The minimum absolute atomic E-state index is 0.0392. The molecule has 0 saturated carbocycles. The Morgan fingerprint density at radius 3 is 1.85 bits per heavy atom.